The van der Waals surface area contributed by atoms with Gasteiger partial charge in [-0.1, -0.05) is 0 Å². The van der Waals surface area contributed by atoms with E-state index >= 15 is 0 Å². The van der Waals surface area contributed by atoms with Crippen LogP contribution in [0.2, 0.25) is 0 Å². The van der Waals surface area contributed by atoms with Crippen molar-refractivity contribution in [2.45, 2.75) is 32.1 Å². The number of ether oxygens (including phenoxy) is 1. The minimum Gasteiger partial charge on any atom is -0.383 e. The molecule has 2 heterocycles. The van der Waals surface area contributed by atoms with Gasteiger partial charge in [-0.3, -0.25) is 19.7 Å². The van der Waals surface area contributed by atoms with Gasteiger partial charge < -0.3 is 9.64 Å². The van der Waals surface area contributed by atoms with E-state index in [0.717, 1.165) is 57.4 Å². The standard InChI is InChI=1S/C18H30N4O2/c1-21(2)17(23)18(7-4-6-16-14-19-9-10-20-16)8-5-11-22(15-18)12-13-24-3/h9-10,14H,4-8,11-13,15H2,1-3H3. The van der Waals surface area contributed by atoms with Gasteiger partial charge in [0.15, 0.2) is 0 Å². The Labute approximate surface area is 145 Å². The van der Waals surface area contributed by atoms with Gasteiger partial charge in [-0.15, -0.1) is 0 Å². The predicted octanol–water partition coefficient (Wildman–Crippen LogP) is 1.62. The van der Waals surface area contributed by atoms with E-state index in [2.05, 4.69) is 14.9 Å². The van der Waals surface area contributed by atoms with Crippen LogP contribution in [0.5, 0.6) is 0 Å². The zero-order chi connectivity index (χ0) is 17.4. The maximum Gasteiger partial charge on any atom is 0.229 e. The van der Waals surface area contributed by atoms with Crippen molar-refractivity contribution >= 4 is 5.91 Å². The third-order valence-corrected chi connectivity index (χ3v) is 4.83. The second-order valence-corrected chi connectivity index (χ2v) is 6.90. The number of amides is 1. The number of hydrogen-bond donors (Lipinski definition) is 0. The molecule has 24 heavy (non-hydrogen) atoms. The van der Waals surface area contributed by atoms with Gasteiger partial charge in [-0.2, -0.15) is 0 Å². The van der Waals surface area contributed by atoms with Gasteiger partial charge in [-0.05, 0) is 38.6 Å². The second kappa shape index (κ2) is 9.08. The van der Waals surface area contributed by atoms with Crippen molar-refractivity contribution in [2.24, 2.45) is 5.41 Å². The summed E-state index contributed by atoms with van der Waals surface area (Å²) < 4.78 is 5.21. The summed E-state index contributed by atoms with van der Waals surface area (Å²) in [4.78, 5) is 25.5. The number of piperidine rings is 1. The topological polar surface area (TPSA) is 58.6 Å². The van der Waals surface area contributed by atoms with Crippen molar-refractivity contribution in [3.05, 3.63) is 24.3 Å². The summed E-state index contributed by atoms with van der Waals surface area (Å²) in [5.41, 5.74) is 0.717. The van der Waals surface area contributed by atoms with Crippen LogP contribution in [0.1, 0.15) is 31.4 Å². The van der Waals surface area contributed by atoms with Crippen LogP contribution in [0.3, 0.4) is 0 Å². The number of hydrogen-bond acceptors (Lipinski definition) is 5. The fourth-order valence-corrected chi connectivity index (χ4v) is 3.67. The number of rotatable bonds is 8. The molecule has 1 atom stereocenters. The lowest BCUT2D eigenvalue weighted by atomic mass is 9.74. The van der Waals surface area contributed by atoms with Crippen LogP contribution in [0.4, 0.5) is 0 Å². The number of methoxy groups -OCH3 is 1. The van der Waals surface area contributed by atoms with Crippen LogP contribution < -0.4 is 0 Å². The first-order valence-corrected chi connectivity index (χ1v) is 8.75. The summed E-state index contributed by atoms with van der Waals surface area (Å²) in [6.07, 6.45) is 9.97. The Morgan fingerprint density at radius 1 is 1.42 bits per heavy atom. The molecule has 0 spiro atoms. The van der Waals surface area contributed by atoms with Crippen molar-refractivity contribution in [3.63, 3.8) is 0 Å². The summed E-state index contributed by atoms with van der Waals surface area (Å²) in [5, 5.41) is 0. The van der Waals surface area contributed by atoms with E-state index in [1.54, 1.807) is 24.4 Å². The van der Waals surface area contributed by atoms with Crippen LogP contribution in [0, 0.1) is 5.41 Å². The molecule has 1 aliphatic rings. The number of likely N-dealkylation sites (tertiary alicyclic amines) is 1. The maximum atomic E-state index is 12.9. The average Bonchev–Trinajstić information content (AvgIpc) is 2.60. The minimum absolute atomic E-state index is 0.253. The fraction of sp³-hybridized carbons (Fsp3) is 0.722. The summed E-state index contributed by atoms with van der Waals surface area (Å²) in [5.74, 6) is 0.253. The highest BCUT2D eigenvalue weighted by molar-refractivity contribution is 5.82. The van der Waals surface area contributed by atoms with Crippen molar-refractivity contribution in [1.82, 2.24) is 19.8 Å². The van der Waals surface area contributed by atoms with Gasteiger partial charge in [0, 0.05) is 52.9 Å². The van der Waals surface area contributed by atoms with Gasteiger partial charge in [0.05, 0.1) is 17.7 Å². The molecule has 0 aliphatic carbocycles. The van der Waals surface area contributed by atoms with E-state index in [4.69, 9.17) is 4.74 Å². The Balaban J connectivity index is 2.01. The van der Waals surface area contributed by atoms with E-state index in [0.29, 0.717) is 6.61 Å². The number of aromatic nitrogens is 2. The summed E-state index contributed by atoms with van der Waals surface area (Å²) >= 11 is 0. The first-order chi connectivity index (χ1) is 11.6. The molecular weight excluding hydrogens is 304 g/mol. The molecule has 1 aliphatic heterocycles. The second-order valence-electron chi connectivity index (χ2n) is 6.90. The third-order valence-electron chi connectivity index (χ3n) is 4.83. The molecule has 0 radical (unpaired) electrons. The maximum absolute atomic E-state index is 12.9. The molecule has 1 amide bonds. The molecule has 0 bridgehead atoms. The van der Waals surface area contributed by atoms with Gasteiger partial charge in [0.2, 0.25) is 5.91 Å². The highest BCUT2D eigenvalue weighted by Gasteiger charge is 2.42. The van der Waals surface area contributed by atoms with Crippen LogP contribution in [0.15, 0.2) is 18.6 Å². The Kier molecular flexibility index (Phi) is 7.12. The van der Waals surface area contributed by atoms with Crippen LogP contribution in [-0.4, -0.2) is 73.1 Å². The molecule has 1 saturated heterocycles. The van der Waals surface area contributed by atoms with Gasteiger partial charge in [0.1, 0.15) is 0 Å². The lowest BCUT2D eigenvalue weighted by Gasteiger charge is -2.43. The van der Waals surface area contributed by atoms with Crippen molar-refractivity contribution in [3.8, 4) is 0 Å². The number of carbonyl (C=O) groups excluding carboxylic acids is 1. The molecule has 6 heteroatoms. The molecule has 6 nitrogen and oxygen atoms in total. The first kappa shape index (κ1) is 18.8. The van der Waals surface area contributed by atoms with Gasteiger partial charge in [-0.25, -0.2) is 0 Å². The Morgan fingerprint density at radius 3 is 2.92 bits per heavy atom. The monoisotopic (exact) mass is 334 g/mol. The quantitative estimate of drug-likeness (QED) is 0.723. The highest BCUT2D eigenvalue weighted by Crippen LogP contribution is 2.36. The Morgan fingerprint density at radius 2 is 2.25 bits per heavy atom. The minimum atomic E-state index is -0.280. The Bertz CT molecular complexity index is 509. The molecule has 0 aromatic carbocycles. The molecule has 1 fully saturated rings. The van der Waals surface area contributed by atoms with E-state index in [-0.39, 0.29) is 11.3 Å². The van der Waals surface area contributed by atoms with E-state index in [9.17, 15) is 4.79 Å². The molecule has 0 saturated carbocycles. The van der Waals surface area contributed by atoms with Gasteiger partial charge in [0.25, 0.3) is 0 Å². The molecule has 2 rings (SSSR count). The Hall–Kier alpha value is -1.53. The zero-order valence-corrected chi connectivity index (χ0v) is 15.2. The normalized spacial score (nSPS) is 21.6. The molecule has 1 unspecified atom stereocenters. The SMILES string of the molecule is COCCN1CCCC(CCCc2cnccn2)(C(=O)N(C)C)C1. The smallest absolute Gasteiger partial charge is 0.229 e. The van der Waals surface area contributed by atoms with E-state index < -0.39 is 0 Å². The molecule has 134 valence electrons. The van der Waals surface area contributed by atoms with Crippen molar-refractivity contribution in [2.75, 3.05) is 47.4 Å². The van der Waals surface area contributed by atoms with Crippen LogP contribution >= 0.6 is 0 Å². The number of nitrogens with zero attached hydrogens (tertiary/aromatic N) is 4. The predicted molar refractivity (Wildman–Crippen MR) is 93.6 cm³/mol. The fourth-order valence-electron chi connectivity index (χ4n) is 3.67. The molecule has 1 aromatic rings. The third kappa shape index (κ3) is 4.98. The van der Waals surface area contributed by atoms with E-state index in [1.165, 1.54) is 0 Å². The average molecular weight is 334 g/mol. The number of aryl methyl sites for hydroxylation is 1. The van der Waals surface area contributed by atoms with Crippen LogP contribution in [0.25, 0.3) is 0 Å². The van der Waals surface area contributed by atoms with Crippen LogP contribution in [-0.2, 0) is 16.0 Å². The zero-order valence-electron chi connectivity index (χ0n) is 15.2. The molecule has 0 N–H and O–H groups in total. The largest absolute Gasteiger partial charge is 0.383 e. The van der Waals surface area contributed by atoms with Gasteiger partial charge >= 0.3 is 0 Å². The number of carbonyl (C=O) groups is 1. The molecular formula is C18H30N4O2. The van der Waals surface area contributed by atoms with Crippen molar-refractivity contribution in [1.29, 1.82) is 0 Å². The highest BCUT2D eigenvalue weighted by atomic mass is 16.5. The van der Waals surface area contributed by atoms with Crippen molar-refractivity contribution < 1.29 is 9.53 Å². The lowest BCUT2D eigenvalue weighted by molar-refractivity contribution is -0.144. The first-order valence-electron chi connectivity index (χ1n) is 8.75. The summed E-state index contributed by atoms with van der Waals surface area (Å²) in [7, 11) is 5.45. The summed E-state index contributed by atoms with van der Waals surface area (Å²) in [6.45, 7) is 3.48. The summed E-state index contributed by atoms with van der Waals surface area (Å²) in [6, 6.07) is 0. The molecule has 1 aromatic heterocycles. The lowest BCUT2D eigenvalue weighted by Crippen LogP contribution is -2.52. The van der Waals surface area contributed by atoms with E-state index in [1.807, 2.05) is 20.3 Å².